The summed E-state index contributed by atoms with van der Waals surface area (Å²) >= 11 is 0. The number of aromatic amines is 1. The summed E-state index contributed by atoms with van der Waals surface area (Å²) in [7, 11) is 0. The van der Waals surface area contributed by atoms with Crippen molar-refractivity contribution in [2.75, 3.05) is 18.4 Å². The smallest absolute Gasteiger partial charge is 0.410 e. The molecule has 1 aliphatic rings. The first-order valence-electron chi connectivity index (χ1n) is 10.5. The number of likely N-dealkylation sites (tertiary alicyclic amines) is 1. The van der Waals surface area contributed by atoms with Crippen LogP contribution >= 0.6 is 0 Å². The first-order chi connectivity index (χ1) is 14.8. The van der Waals surface area contributed by atoms with Crippen molar-refractivity contribution in [3.63, 3.8) is 0 Å². The number of ether oxygens (including phenoxy) is 1. The molecule has 4 rings (SSSR count). The number of rotatable bonds is 3. The molecule has 0 saturated carbocycles. The highest BCUT2D eigenvalue weighted by atomic mass is 16.6. The monoisotopic (exact) mass is 417 g/mol. The molecule has 1 atom stereocenters. The van der Waals surface area contributed by atoms with Crippen molar-refractivity contribution >= 4 is 22.9 Å². The molecule has 1 aromatic carbocycles. The lowest BCUT2D eigenvalue weighted by Crippen LogP contribution is -2.47. The van der Waals surface area contributed by atoms with Gasteiger partial charge in [-0.2, -0.15) is 0 Å². The van der Waals surface area contributed by atoms with Crippen LogP contribution in [0.1, 0.15) is 39.2 Å². The molecule has 31 heavy (non-hydrogen) atoms. The van der Waals surface area contributed by atoms with Crippen LogP contribution in [0, 0.1) is 12.3 Å². The highest BCUT2D eigenvalue weighted by Crippen LogP contribution is 2.30. The molecule has 7 heteroatoms. The van der Waals surface area contributed by atoms with E-state index in [4.69, 9.17) is 16.1 Å². The van der Waals surface area contributed by atoms with Crippen molar-refractivity contribution in [2.24, 2.45) is 0 Å². The van der Waals surface area contributed by atoms with Crippen molar-refractivity contribution < 1.29 is 9.53 Å². The number of carbonyl (C=O) groups is 1. The maximum Gasteiger partial charge on any atom is 0.410 e. The zero-order chi connectivity index (χ0) is 22.0. The van der Waals surface area contributed by atoms with Crippen LogP contribution in [-0.4, -0.2) is 50.7 Å². The van der Waals surface area contributed by atoms with Gasteiger partial charge in [-0.1, -0.05) is 24.1 Å². The van der Waals surface area contributed by atoms with Gasteiger partial charge in [-0.25, -0.2) is 14.8 Å². The second-order valence-electron chi connectivity index (χ2n) is 8.76. The van der Waals surface area contributed by atoms with Crippen LogP contribution < -0.4 is 5.32 Å². The largest absolute Gasteiger partial charge is 0.444 e. The molecule has 2 N–H and O–H groups in total. The van der Waals surface area contributed by atoms with Crippen LogP contribution in [0.5, 0.6) is 0 Å². The van der Waals surface area contributed by atoms with Gasteiger partial charge in [0.25, 0.3) is 0 Å². The minimum atomic E-state index is -0.514. The number of aromatic nitrogens is 3. The van der Waals surface area contributed by atoms with Crippen molar-refractivity contribution in [1.29, 1.82) is 0 Å². The summed E-state index contributed by atoms with van der Waals surface area (Å²) in [5.74, 6) is 3.18. The van der Waals surface area contributed by atoms with Crippen LogP contribution in [-0.2, 0) is 4.74 Å². The highest BCUT2D eigenvalue weighted by Gasteiger charge is 2.28. The normalized spacial score (nSPS) is 16.7. The van der Waals surface area contributed by atoms with Crippen LogP contribution in [0.2, 0.25) is 0 Å². The fraction of sp³-hybridized carbons (Fsp3) is 0.375. The number of amides is 1. The van der Waals surface area contributed by atoms with E-state index in [1.54, 1.807) is 11.1 Å². The van der Waals surface area contributed by atoms with E-state index in [2.05, 4.69) is 21.2 Å². The minimum absolute atomic E-state index is 0.0359. The van der Waals surface area contributed by atoms with Gasteiger partial charge in [-0.3, -0.25) is 0 Å². The second kappa shape index (κ2) is 8.31. The standard InChI is InChI=1S/C24H27N5O2/c1-5-16-13-26-22(28-21(16)19-14-25-20-11-7-6-10-18(19)20)27-17-9-8-12-29(15-17)23(30)31-24(2,3)4/h1,6-7,10-11,13-14,17,25H,8-9,12,15H2,2-4H3,(H,26,27,28)/t17-/m0/s1. The van der Waals surface area contributed by atoms with Crippen LogP contribution in [0.15, 0.2) is 36.7 Å². The first-order valence-corrected chi connectivity index (χ1v) is 10.5. The van der Waals surface area contributed by atoms with Gasteiger partial charge in [0.15, 0.2) is 0 Å². The fourth-order valence-electron chi connectivity index (χ4n) is 3.80. The first kappa shape index (κ1) is 20.7. The van der Waals surface area contributed by atoms with Gasteiger partial charge in [0, 0.05) is 48.0 Å². The summed E-state index contributed by atoms with van der Waals surface area (Å²) in [4.78, 5) is 26.6. The minimum Gasteiger partial charge on any atom is -0.444 e. The Morgan fingerprint density at radius 1 is 1.35 bits per heavy atom. The number of nitrogens with one attached hydrogen (secondary N) is 2. The zero-order valence-electron chi connectivity index (χ0n) is 18.1. The number of piperidine rings is 1. The Hall–Kier alpha value is -3.53. The lowest BCUT2D eigenvalue weighted by Gasteiger charge is -2.34. The van der Waals surface area contributed by atoms with Crippen molar-refractivity contribution in [3.8, 4) is 23.6 Å². The second-order valence-corrected chi connectivity index (χ2v) is 8.76. The maximum absolute atomic E-state index is 12.4. The molecular formula is C24H27N5O2. The van der Waals surface area contributed by atoms with Crippen molar-refractivity contribution in [2.45, 2.75) is 45.3 Å². The highest BCUT2D eigenvalue weighted by molar-refractivity contribution is 5.95. The lowest BCUT2D eigenvalue weighted by atomic mass is 10.1. The zero-order valence-corrected chi connectivity index (χ0v) is 18.1. The molecule has 1 fully saturated rings. The molecule has 0 bridgehead atoms. The summed E-state index contributed by atoms with van der Waals surface area (Å²) in [6.45, 7) is 6.84. The van der Waals surface area contributed by atoms with E-state index in [-0.39, 0.29) is 12.1 Å². The number of hydrogen-bond donors (Lipinski definition) is 2. The Bertz CT molecular complexity index is 1140. The number of terminal acetylenes is 1. The van der Waals surface area contributed by atoms with Gasteiger partial charge < -0.3 is 19.9 Å². The molecule has 2 aromatic heterocycles. The predicted molar refractivity (Wildman–Crippen MR) is 122 cm³/mol. The predicted octanol–water partition coefficient (Wildman–Crippen LogP) is 4.42. The van der Waals surface area contributed by atoms with E-state index in [0.29, 0.717) is 30.3 Å². The van der Waals surface area contributed by atoms with Gasteiger partial charge in [-0.15, -0.1) is 6.42 Å². The van der Waals surface area contributed by atoms with E-state index in [1.165, 1.54) is 0 Å². The van der Waals surface area contributed by atoms with Crippen molar-refractivity contribution in [3.05, 3.63) is 42.2 Å². The van der Waals surface area contributed by atoms with E-state index in [1.807, 2.05) is 51.2 Å². The van der Waals surface area contributed by atoms with Gasteiger partial charge >= 0.3 is 6.09 Å². The summed E-state index contributed by atoms with van der Waals surface area (Å²) in [5, 5.41) is 4.43. The van der Waals surface area contributed by atoms with E-state index in [0.717, 1.165) is 29.3 Å². The Labute approximate surface area is 182 Å². The van der Waals surface area contributed by atoms with E-state index in [9.17, 15) is 4.79 Å². The Kier molecular flexibility index (Phi) is 5.55. The lowest BCUT2D eigenvalue weighted by molar-refractivity contribution is 0.0206. The fourth-order valence-corrected chi connectivity index (χ4v) is 3.80. The molecule has 160 valence electrons. The maximum atomic E-state index is 12.4. The SMILES string of the molecule is C#Cc1cnc(N[C@H]2CCCN(C(=O)OC(C)(C)C)C2)nc1-c1c[nH]c2ccccc12. The Morgan fingerprint density at radius 2 is 2.16 bits per heavy atom. The summed E-state index contributed by atoms with van der Waals surface area (Å²) in [5.41, 5.74) is 2.79. The van der Waals surface area contributed by atoms with Gasteiger partial charge in [0.1, 0.15) is 5.60 Å². The van der Waals surface area contributed by atoms with Gasteiger partial charge in [-0.05, 0) is 39.7 Å². The number of nitrogens with zero attached hydrogens (tertiary/aromatic N) is 3. The summed E-state index contributed by atoms with van der Waals surface area (Å²) < 4.78 is 5.52. The number of carbonyl (C=O) groups excluding carboxylic acids is 1. The van der Waals surface area contributed by atoms with E-state index < -0.39 is 5.60 Å². The molecule has 0 spiro atoms. The molecule has 1 saturated heterocycles. The molecule has 3 aromatic rings. The number of para-hydroxylation sites is 1. The molecular weight excluding hydrogens is 390 g/mol. The molecule has 1 amide bonds. The molecule has 3 heterocycles. The topological polar surface area (TPSA) is 83.1 Å². The number of H-pyrrole nitrogens is 1. The van der Waals surface area contributed by atoms with Crippen LogP contribution in [0.3, 0.4) is 0 Å². The Morgan fingerprint density at radius 3 is 2.94 bits per heavy atom. The average Bonchev–Trinajstić information content (AvgIpc) is 3.17. The quantitative estimate of drug-likeness (QED) is 0.617. The van der Waals surface area contributed by atoms with E-state index >= 15 is 0 Å². The molecule has 7 nitrogen and oxygen atoms in total. The number of anilines is 1. The third kappa shape index (κ3) is 4.64. The third-order valence-corrected chi connectivity index (χ3v) is 5.19. The van der Waals surface area contributed by atoms with Crippen LogP contribution in [0.4, 0.5) is 10.7 Å². The molecule has 0 radical (unpaired) electrons. The molecule has 1 aliphatic heterocycles. The molecule has 0 unspecified atom stereocenters. The van der Waals surface area contributed by atoms with Gasteiger partial charge in [0.05, 0.1) is 11.3 Å². The summed E-state index contributed by atoms with van der Waals surface area (Å²) in [6, 6.07) is 8.06. The number of benzene rings is 1. The summed E-state index contributed by atoms with van der Waals surface area (Å²) in [6.07, 6.45) is 10.8. The Balaban J connectivity index is 1.55. The van der Waals surface area contributed by atoms with Crippen LogP contribution in [0.25, 0.3) is 22.2 Å². The molecule has 0 aliphatic carbocycles. The third-order valence-electron chi connectivity index (χ3n) is 5.19. The van der Waals surface area contributed by atoms with Gasteiger partial charge in [0.2, 0.25) is 5.95 Å². The number of hydrogen-bond acceptors (Lipinski definition) is 5. The number of fused-ring (bicyclic) bond motifs is 1. The van der Waals surface area contributed by atoms with Crippen molar-refractivity contribution in [1.82, 2.24) is 19.9 Å². The average molecular weight is 418 g/mol.